The van der Waals surface area contributed by atoms with Gasteiger partial charge in [0.1, 0.15) is 12.7 Å². The van der Waals surface area contributed by atoms with Crippen molar-refractivity contribution in [1.82, 2.24) is 0 Å². The van der Waals surface area contributed by atoms with E-state index in [0.717, 1.165) is 12.8 Å². The standard InChI is InChI=1S/C16H30O6S/c1-2-3-4-5-6-7-8-9-10-20-11-12-21-13-14-22-15-16-23(17,18)19/h2-8,11-16H2,1H3,(H,17,18,19). The van der Waals surface area contributed by atoms with Gasteiger partial charge in [0, 0.05) is 6.42 Å². The predicted octanol–water partition coefficient (Wildman–Crippen LogP) is 2.64. The van der Waals surface area contributed by atoms with Crippen LogP contribution in [0.1, 0.15) is 51.9 Å². The lowest BCUT2D eigenvalue weighted by Crippen LogP contribution is -2.14. The minimum Gasteiger partial charge on any atom is -0.444 e. The normalized spacial score (nSPS) is 11.0. The summed E-state index contributed by atoms with van der Waals surface area (Å²) in [4.78, 5) is 0. The van der Waals surface area contributed by atoms with Crippen molar-refractivity contribution in [3.63, 3.8) is 0 Å². The van der Waals surface area contributed by atoms with Crippen LogP contribution < -0.4 is 0 Å². The molecule has 0 aliphatic carbocycles. The molecule has 7 heteroatoms. The van der Waals surface area contributed by atoms with Gasteiger partial charge in [-0.3, -0.25) is 4.55 Å². The van der Waals surface area contributed by atoms with Crippen molar-refractivity contribution >= 4 is 10.1 Å². The Balaban J connectivity index is 3.17. The summed E-state index contributed by atoms with van der Waals surface area (Å²) in [6, 6.07) is 0. The van der Waals surface area contributed by atoms with Gasteiger partial charge in [0.25, 0.3) is 10.1 Å². The van der Waals surface area contributed by atoms with Gasteiger partial charge in [-0.2, -0.15) is 8.42 Å². The molecule has 0 aromatic carbocycles. The fourth-order valence-electron chi connectivity index (χ4n) is 1.73. The molecule has 0 fully saturated rings. The molecule has 0 bridgehead atoms. The van der Waals surface area contributed by atoms with E-state index < -0.39 is 15.9 Å². The molecule has 0 atom stereocenters. The Bertz CT molecular complexity index is 410. The summed E-state index contributed by atoms with van der Waals surface area (Å²) in [7, 11) is -3.95. The first-order chi connectivity index (χ1) is 11.1. The van der Waals surface area contributed by atoms with Gasteiger partial charge in [0.2, 0.25) is 0 Å². The second-order valence-corrected chi connectivity index (χ2v) is 6.73. The van der Waals surface area contributed by atoms with E-state index in [1.165, 1.54) is 32.1 Å². The van der Waals surface area contributed by atoms with Crippen LogP contribution in [0.25, 0.3) is 0 Å². The van der Waals surface area contributed by atoms with Gasteiger partial charge in [0.15, 0.2) is 0 Å². The molecular formula is C16H30O6S. The van der Waals surface area contributed by atoms with E-state index in [-0.39, 0.29) is 13.2 Å². The summed E-state index contributed by atoms with van der Waals surface area (Å²) in [5, 5.41) is 0. The van der Waals surface area contributed by atoms with Crippen molar-refractivity contribution in [2.75, 3.05) is 38.8 Å². The van der Waals surface area contributed by atoms with Crippen molar-refractivity contribution in [2.24, 2.45) is 0 Å². The van der Waals surface area contributed by atoms with Gasteiger partial charge in [-0.1, -0.05) is 44.9 Å². The van der Waals surface area contributed by atoms with Crippen molar-refractivity contribution in [3.8, 4) is 12.0 Å². The molecule has 136 valence electrons. The van der Waals surface area contributed by atoms with Crippen LogP contribution in [0.5, 0.6) is 0 Å². The van der Waals surface area contributed by atoms with Crippen molar-refractivity contribution < 1.29 is 27.2 Å². The maximum Gasteiger partial charge on any atom is 0.267 e. The fraction of sp³-hybridized carbons (Fsp3) is 0.875. The first-order valence-electron chi connectivity index (χ1n) is 8.26. The first kappa shape index (κ1) is 22.2. The van der Waals surface area contributed by atoms with Gasteiger partial charge >= 0.3 is 0 Å². The van der Waals surface area contributed by atoms with Gasteiger partial charge in [-0.25, -0.2) is 0 Å². The maximum atomic E-state index is 10.4. The lowest BCUT2D eigenvalue weighted by molar-refractivity contribution is 0.0369. The van der Waals surface area contributed by atoms with E-state index in [0.29, 0.717) is 19.8 Å². The summed E-state index contributed by atoms with van der Waals surface area (Å²) in [6.45, 7) is 3.60. The number of unbranched alkanes of at least 4 members (excludes halogenated alkanes) is 6. The molecule has 0 aliphatic rings. The van der Waals surface area contributed by atoms with Gasteiger partial charge < -0.3 is 14.2 Å². The number of ether oxygens (including phenoxy) is 3. The van der Waals surface area contributed by atoms with Gasteiger partial charge in [-0.15, -0.1) is 0 Å². The zero-order valence-electron chi connectivity index (χ0n) is 14.1. The summed E-state index contributed by atoms with van der Waals surface area (Å²) in [5.41, 5.74) is 0. The maximum absolute atomic E-state index is 10.4. The molecule has 0 saturated heterocycles. The smallest absolute Gasteiger partial charge is 0.267 e. The average Bonchev–Trinajstić information content (AvgIpc) is 2.49. The average molecular weight is 350 g/mol. The lowest BCUT2D eigenvalue weighted by atomic mass is 10.1. The van der Waals surface area contributed by atoms with E-state index in [4.69, 9.17) is 18.8 Å². The van der Waals surface area contributed by atoms with Crippen molar-refractivity contribution in [2.45, 2.75) is 51.9 Å². The van der Waals surface area contributed by atoms with Crippen LogP contribution in [-0.2, 0) is 24.3 Å². The van der Waals surface area contributed by atoms with Crippen LogP contribution in [-0.4, -0.2) is 51.8 Å². The molecule has 0 aliphatic heterocycles. The third kappa shape index (κ3) is 21.2. The van der Waals surface area contributed by atoms with Crippen molar-refractivity contribution in [1.29, 1.82) is 0 Å². The Morgan fingerprint density at radius 2 is 1.48 bits per heavy atom. The minimum atomic E-state index is -3.95. The topological polar surface area (TPSA) is 82.1 Å². The second kappa shape index (κ2) is 16.1. The Hall–Kier alpha value is -0.810. The predicted molar refractivity (Wildman–Crippen MR) is 89.8 cm³/mol. The number of hydrogen-bond acceptors (Lipinski definition) is 5. The Kier molecular flexibility index (Phi) is 15.5. The largest absolute Gasteiger partial charge is 0.444 e. The van der Waals surface area contributed by atoms with Crippen molar-refractivity contribution in [3.05, 3.63) is 0 Å². The van der Waals surface area contributed by atoms with Crippen LogP contribution >= 0.6 is 0 Å². The monoisotopic (exact) mass is 350 g/mol. The lowest BCUT2D eigenvalue weighted by Gasteiger charge is -2.04. The molecule has 0 aromatic heterocycles. The Morgan fingerprint density at radius 1 is 0.870 bits per heavy atom. The molecule has 6 nitrogen and oxygen atoms in total. The molecule has 1 N–H and O–H groups in total. The molecule has 0 unspecified atom stereocenters. The van der Waals surface area contributed by atoms with Crippen LogP contribution in [0.15, 0.2) is 0 Å². The van der Waals surface area contributed by atoms with Gasteiger partial charge in [0.05, 0.1) is 32.2 Å². The highest BCUT2D eigenvalue weighted by molar-refractivity contribution is 7.85. The highest BCUT2D eigenvalue weighted by Crippen LogP contribution is 2.05. The minimum absolute atomic E-state index is 0.0391. The third-order valence-corrected chi connectivity index (χ3v) is 3.67. The summed E-state index contributed by atoms with van der Waals surface area (Å²) < 4.78 is 44.6. The SMILES string of the molecule is CCCCCCCCC#COCCOCCOCCS(=O)(=O)O. The van der Waals surface area contributed by atoms with Crippen LogP contribution in [0.2, 0.25) is 0 Å². The van der Waals surface area contributed by atoms with E-state index in [2.05, 4.69) is 19.0 Å². The van der Waals surface area contributed by atoms with Crippen LogP contribution in [0.3, 0.4) is 0 Å². The summed E-state index contributed by atoms with van der Waals surface area (Å²) >= 11 is 0. The molecule has 0 amide bonds. The fourth-order valence-corrected chi connectivity index (χ4v) is 2.06. The van der Waals surface area contributed by atoms with E-state index in [1.54, 1.807) is 0 Å². The molecule has 23 heavy (non-hydrogen) atoms. The quantitative estimate of drug-likeness (QED) is 0.278. The van der Waals surface area contributed by atoms with Gasteiger partial charge in [-0.05, 0) is 6.42 Å². The molecule has 0 rings (SSSR count). The van der Waals surface area contributed by atoms with E-state index >= 15 is 0 Å². The zero-order chi connectivity index (χ0) is 17.2. The number of rotatable bonds is 15. The second-order valence-electron chi connectivity index (χ2n) is 5.16. The summed E-state index contributed by atoms with van der Waals surface area (Å²) in [5.74, 6) is 2.58. The highest BCUT2D eigenvalue weighted by Gasteiger charge is 2.02. The van der Waals surface area contributed by atoms with Crippen LogP contribution in [0.4, 0.5) is 0 Å². The molecule has 0 heterocycles. The molecule has 0 saturated carbocycles. The Morgan fingerprint density at radius 3 is 2.17 bits per heavy atom. The Labute approximate surface area is 140 Å². The molecule has 0 radical (unpaired) electrons. The summed E-state index contributed by atoms with van der Waals surface area (Å²) in [6.07, 6.45) is 11.1. The van der Waals surface area contributed by atoms with Crippen LogP contribution in [0, 0.1) is 12.0 Å². The molecule has 0 spiro atoms. The number of hydrogen-bond donors (Lipinski definition) is 1. The zero-order valence-corrected chi connectivity index (χ0v) is 14.9. The third-order valence-electron chi connectivity index (χ3n) is 2.99. The van der Waals surface area contributed by atoms with E-state index in [9.17, 15) is 8.42 Å². The van der Waals surface area contributed by atoms with E-state index in [1.807, 2.05) is 0 Å². The highest BCUT2D eigenvalue weighted by atomic mass is 32.2. The molecule has 0 aromatic rings. The first-order valence-corrected chi connectivity index (χ1v) is 9.87. The molecular weight excluding hydrogens is 320 g/mol.